The Morgan fingerprint density at radius 2 is 1.61 bits per heavy atom. The van der Waals surface area contributed by atoms with Crippen molar-refractivity contribution in [1.82, 2.24) is 9.97 Å². The van der Waals surface area contributed by atoms with Gasteiger partial charge in [0.1, 0.15) is 11.4 Å². The second-order valence-electron chi connectivity index (χ2n) is 3.84. The molecule has 0 radical (unpaired) electrons. The average molecular weight is 340 g/mol. The number of nitrogen functional groups attached to an aromatic ring is 2. The number of halogens is 1. The van der Waals surface area contributed by atoms with Crippen LogP contribution in [0.3, 0.4) is 0 Å². The predicted molar refractivity (Wildman–Crippen MR) is 98.9 cm³/mol. The molecule has 7 heteroatoms. The molecule has 1 aromatic heterocycles. The van der Waals surface area contributed by atoms with Crippen LogP contribution in [-0.4, -0.2) is 17.1 Å². The van der Waals surface area contributed by atoms with Crippen molar-refractivity contribution in [3.05, 3.63) is 35.0 Å². The Balaban J connectivity index is 0.00000112. The first-order valence-corrected chi connectivity index (χ1v) is 7.93. The second-order valence-corrected chi connectivity index (χ2v) is 4.19. The third-order valence-electron chi connectivity index (χ3n) is 2.54. The normalized spacial score (nSPS) is 8.96. The average Bonchev–Trinajstić information content (AvgIpc) is 2.60. The first-order valence-electron chi connectivity index (χ1n) is 7.55. The molecule has 6 nitrogen and oxygen atoms in total. The smallest absolute Gasteiger partial charge is 0.223 e. The van der Waals surface area contributed by atoms with Crippen molar-refractivity contribution < 1.29 is 4.74 Å². The van der Waals surface area contributed by atoms with Gasteiger partial charge in [0, 0.05) is 6.54 Å². The fourth-order valence-corrected chi connectivity index (χ4v) is 1.70. The number of rotatable bonds is 4. The number of nitrogens with zero attached hydrogens (tertiary/aromatic N) is 2. The van der Waals surface area contributed by atoms with Crippen LogP contribution in [0.4, 0.5) is 17.5 Å². The van der Waals surface area contributed by atoms with E-state index in [0.29, 0.717) is 12.4 Å². The maximum atomic E-state index is 5.83. The van der Waals surface area contributed by atoms with Crippen LogP contribution in [-0.2, 0) is 6.54 Å². The van der Waals surface area contributed by atoms with E-state index in [4.69, 9.17) is 27.8 Å². The van der Waals surface area contributed by atoms with Crippen LogP contribution in [0.5, 0.6) is 5.75 Å². The summed E-state index contributed by atoms with van der Waals surface area (Å²) in [6.45, 7) is 8.54. The fraction of sp³-hybridized carbons (Fsp3) is 0.375. The van der Waals surface area contributed by atoms with Crippen LogP contribution in [0.15, 0.2) is 24.3 Å². The minimum absolute atomic E-state index is 0.0800. The molecule has 1 heterocycles. The first-order chi connectivity index (χ1) is 11.1. The molecule has 0 bridgehead atoms. The van der Waals surface area contributed by atoms with E-state index < -0.39 is 0 Å². The third-order valence-corrected chi connectivity index (χ3v) is 2.82. The minimum atomic E-state index is 0.0800. The Morgan fingerprint density at radius 3 is 2.13 bits per heavy atom. The fourth-order valence-electron chi connectivity index (χ4n) is 1.52. The molecule has 0 aliphatic carbocycles. The zero-order valence-corrected chi connectivity index (χ0v) is 15.1. The molecule has 0 saturated carbocycles. The number of nitrogens with two attached hydrogens (primary N) is 2. The summed E-state index contributed by atoms with van der Waals surface area (Å²) >= 11 is 5.83. The van der Waals surface area contributed by atoms with Crippen LogP contribution in [0, 0.1) is 0 Å². The van der Waals surface area contributed by atoms with Gasteiger partial charge in [-0.3, -0.25) is 0 Å². The molecule has 2 rings (SSSR count). The van der Waals surface area contributed by atoms with Crippen molar-refractivity contribution in [1.29, 1.82) is 0 Å². The molecule has 0 aliphatic rings. The van der Waals surface area contributed by atoms with Gasteiger partial charge in [0.25, 0.3) is 0 Å². The maximum Gasteiger partial charge on any atom is 0.223 e. The summed E-state index contributed by atoms with van der Waals surface area (Å²) in [5.74, 6) is 1.31. The first kappa shape index (κ1) is 20.8. The highest BCUT2D eigenvalue weighted by molar-refractivity contribution is 6.32. The van der Waals surface area contributed by atoms with E-state index in [1.807, 2.05) is 52.0 Å². The van der Waals surface area contributed by atoms with Crippen LogP contribution in [0.25, 0.3) is 0 Å². The molecule has 128 valence electrons. The van der Waals surface area contributed by atoms with E-state index in [1.165, 1.54) is 0 Å². The van der Waals surface area contributed by atoms with Crippen LogP contribution >= 0.6 is 11.6 Å². The van der Waals surface area contributed by atoms with Crippen molar-refractivity contribution in [2.24, 2.45) is 0 Å². The second kappa shape index (κ2) is 11.4. The highest BCUT2D eigenvalue weighted by Gasteiger charge is 2.08. The summed E-state index contributed by atoms with van der Waals surface area (Å²) in [7, 11) is 1.62. The van der Waals surface area contributed by atoms with Crippen LogP contribution in [0.2, 0.25) is 5.15 Å². The van der Waals surface area contributed by atoms with E-state index in [9.17, 15) is 0 Å². The van der Waals surface area contributed by atoms with Crippen LogP contribution < -0.4 is 21.5 Å². The van der Waals surface area contributed by atoms with Gasteiger partial charge in [0.2, 0.25) is 5.95 Å². The maximum absolute atomic E-state index is 5.83. The van der Waals surface area contributed by atoms with Crippen molar-refractivity contribution in [2.75, 3.05) is 23.9 Å². The molecule has 0 saturated heterocycles. The minimum Gasteiger partial charge on any atom is -0.497 e. The number of hydrogen-bond acceptors (Lipinski definition) is 6. The number of nitrogens with one attached hydrogen (secondary N) is 1. The predicted octanol–water partition coefficient (Wildman–Crippen LogP) is 3.97. The molecule has 0 unspecified atom stereocenters. The van der Waals surface area contributed by atoms with Crippen molar-refractivity contribution >= 4 is 29.1 Å². The highest BCUT2D eigenvalue weighted by Crippen LogP contribution is 2.24. The Labute approximate surface area is 143 Å². The molecule has 0 atom stereocenters. The Bertz CT molecular complexity index is 575. The van der Waals surface area contributed by atoms with Gasteiger partial charge in [0.05, 0.1) is 7.11 Å². The van der Waals surface area contributed by atoms with E-state index in [0.717, 1.165) is 11.3 Å². The molecule has 0 spiro atoms. The molecule has 1 aromatic carbocycles. The Morgan fingerprint density at radius 1 is 1.04 bits per heavy atom. The van der Waals surface area contributed by atoms with Crippen molar-refractivity contribution in [3.63, 3.8) is 0 Å². The quantitative estimate of drug-likeness (QED) is 0.729. The van der Waals surface area contributed by atoms with Crippen LogP contribution in [0.1, 0.15) is 33.3 Å². The largest absolute Gasteiger partial charge is 0.497 e. The molecule has 0 amide bonds. The van der Waals surface area contributed by atoms with E-state index >= 15 is 0 Å². The monoisotopic (exact) mass is 339 g/mol. The van der Waals surface area contributed by atoms with Gasteiger partial charge < -0.3 is 21.5 Å². The van der Waals surface area contributed by atoms with E-state index in [-0.39, 0.29) is 16.8 Å². The van der Waals surface area contributed by atoms with Gasteiger partial charge in [-0.25, -0.2) is 0 Å². The molecular weight excluding hydrogens is 314 g/mol. The number of ether oxygens (including phenoxy) is 1. The SMILES string of the molecule is CC.CC.COc1ccc(CNc2nc(N)nc(Cl)c2N)cc1. The van der Waals surface area contributed by atoms with Crippen molar-refractivity contribution in [3.8, 4) is 5.75 Å². The van der Waals surface area contributed by atoms with E-state index in [1.54, 1.807) is 7.11 Å². The molecule has 23 heavy (non-hydrogen) atoms. The number of benzene rings is 1. The van der Waals surface area contributed by atoms with Gasteiger partial charge >= 0.3 is 0 Å². The summed E-state index contributed by atoms with van der Waals surface area (Å²) in [4.78, 5) is 7.77. The lowest BCUT2D eigenvalue weighted by Crippen LogP contribution is -2.08. The van der Waals surface area contributed by atoms with E-state index in [2.05, 4.69) is 15.3 Å². The molecule has 5 N–H and O–H groups in total. The number of anilines is 3. The van der Waals surface area contributed by atoms with Gasteiger partial charge in [-0.15, -0.1) is 0 Å². The molecule has 2 aromatic rings. The summed E-state index contributed by atoms with van der Waals surface area (Å²) < 4.78 is 5.09. The Kier molecular flexibility index (Phi) is 10.3. The lowest BCUT2D eigenvalue weighted by atomic mass is 10.2. The van der Waals surface area contributed by atoms with Gasteiger partial charge in [-0.2, -0.15) is 9.97 Å². The topological polar surface area (TPSA) is 99.1 Å². The number of methoxy groups -OCH3 is 1. The van der Waals surface area contributed by atoms with Crippen molar-refractivity contribution in [2.45, 2.75) is 34.2 Å². The lowest BCUT2D eigenvalue weighted by Gasteiger charge is -2.10. The third kappa shape index (κ3) is 6.61. The summed E-state index contributed by atoms with van der Waals surface area (Å²) in [6.07, 6.45) is 0. The number of aromatic nitrogens is 2. The molecule has 0 fully saturated rings. The Hall–Kier alpha value is -2.21. The van der Waals surface area contributed by atoms with Gasteiger partial charge in [0.15, 0.2) is 11.0 Å². The summed E-state index contributed by atoms with van der Waals surface area (Å²) in [6, 6.07) is 7.63. The summed E-state index contributed by atoms with van der Waals surface area (Å²) in [5.41, 5.74) is 12.6. The standard InChI is InChI=1S/C12H14ClN5O.2C2H6/c1-19-8-4-2-7(3-5-8)6-16-11-9(14)10(13)17-12(15)18-11;2*1-2/h2-5H,6,14H2,1H3,(H3,15,16,17,18);2*1-2H3. The highest BCUT2D eigenvalue weighted by atomic mass is 35.5. The van der Waals surface area contributed by atoms with Gasteiger partial charge in [-0.05, 0) is 17.7 Å². The molecule has 0 aliphatic heterocycles. The lowest BCUT2D eigenvalue weighted by molar-refractivity contribution is 0.414. The zero-order chi connectivity index (χ0) is 17.8. The molecular formula is C16H26ClN5O. The zero-order valence-electron chi connectivity index (χ0n) is 14.4. The number of hydrogen-bond donors (Lipinski definition) is 3. The summed E-state index contributed by atoms with van der Waals surface area (Å²) in [5, 5.41) is 3.21. The van der Waals surface area contributed by atoms with Gasteiger partial charge in [-0.1, -0.05) is 51.4 Å².